The van der Waals surface area contributed by atoms with Gasteiger partial charge in [-0.15, -0.1) is 0 Å². The highest BCUT2D eigenvalue weighted by molar-refractivity contribution is 5.71. The summed E-state index contributed by atoms with van der Waals surface area (Å²) in [5.74, 6) is -1.09. The van der Waals surface area contributed by atoms with Crippen LogP contribution in [0.2, 0.25) is 0 Å². The third-order valence-corrected chi connectivity index (χ3v) is 10.5. The van der Waals surface area contributed by atoms with Crippen LogP contribution < -0.4 is 0 Å². The molecule has 0 aromatic carbocycles. The summed E-state index contributed by atoms with van der Waals surface area (Å²) in [6, 6.07) is 0. The Morgan fingerprint density at radius 3 is 0.928 bits per heavy atom. The number of ether oxygens (including phenoxy) is 3. The Bertz CT molecular complexity index is 1610. The fourth-order valence-corrected chi connectivity index (χ4v) is 6.52. The van der Waals surface area contributed by atoms with Crippen LogP contribution in [0.15, 0.2) is 158 Å². The largest absolute Gasteiger partial charge is 0.462 e. The van der Waals surface area contributed by atoms with Gasteiger partial charge in [0.25, 0.3) is 0 Å². The highest BCUT2D eigenvalue weighted by atomic mass is 16.6. The maximum Gasteiger partial charge on any atom is 0.306 e. The molecule has 6 heteroatoms. The Morgan fingerprint density at radius 2 is 0.580 bits per heavy atom. The summed E-state index contributed by atoms with van der Waals surface area (Å²) in [5.41, 5.74) is 0. The molecule has 0 fully saturated rings. The van der Waals surface area contributed by atoms with Gasteiger partial charge < -0.3 is 14.2 Å². The summed E-state index contributed by atoms with van der Waals surface area (Å²) < 4.78 is 16.7. The van der Waals surface area contributed by atoms with E-state index >= 15 is 0 Å². The molecule has 0 aliphatic heterocycles. The van der Waals surface area contributed by atoms with E-state index in [1.54, 1.807) is 0 Å². The highest BCUT2D eigenvalue weighted by Gasteiger charge is 2.19. The third-order valence-electron chi connectivity index (χ3n) is 10.5. The molecule has 69 heavy (non-hydrogen) atoms. The van der Waals surface area contributed by atoms with Crippen LogP contribution in [0.4, 0.5) is 0 Å². The van der Waals surface area contributed by atoms with Crippen LogP contribution >= 0.6 is 0 Å². The standard InChI is InChI=1S/C63H96O6/c1-4-7-10-13-16-19-22-25-28-31-34-37-40-43-46-49-52-55-61(64)67-58-60(69-63(66)57-54-51-48-45-42-39-36-33-30-27-24-21-18-15-12-9-6-3)59-68-62(65)56-53-50-47-44-41-38-35-32-29-26-23-20-17-14-11-8-5-2/h7,9-10,12,16-21,25-30,34-39,44-45,47-48,60H,4-6,8,11,13-15,22-24,31-33,40-43,46,49-59H2,1-3H3/b10-7-,12-9-,19-16-,20-17-,21-18-,28-25-,29-26-,30-27-,37-34-,38-35-,39-36-,47-44-,48-45-/t60-/m1/s1. The Labute approximate surface area is 422 Å². The molecule has 0 aliphatic carbocycles. The molecule has 0 spiro atoms. The average molecular weight is 949 g/mol. The van der Waals surface area contributed by atoms with E-state index in [-0.39, 0.29) is 38.0 Å². The molecule has 6 nitrogen and oxygen atoms in total. The Hall–Kier alpha value is -4.97. The molecule has 384 valence electrons. The van der Waals surface area contributed by atoms with Crippen LogP contribution in [0.25, 0.3) is 0 Å². The number of unbranched alkanes of at least 4 members (excludes halogenated alkanes) is 9. The molecule has 0 amide bonds. The minimum absolute atomic E-state index is 0.138. The molecular weight excluding hydrogens is 853 g/mol. The van der Waals surface area contributed by atoms with Gasteiger partial charge in [0.1, 0.15) is 13.2 Å². The van der Waals surface area contributed by atoms with Gasteiger partial charge in [0.15, 0.2) is 6.10 Å². The quantitative estimate of drug-likeness (QED) is 0.0262. The molecule has 0 radical (unpaired) electrons. The van der Waals surface area contributed by atoms with Gasteiger partial charge in [-0.05, 0) is 135 Å². The van der Waals surface area contributed by atoms with Gasteiger partial charge >= 0.3 is 17.9 Å². The first-order chi connectivity index (χ1) is 34.0. The number of esters is 3. The lowest BCUT2D eigenvalue weighted by atomic mass is 10.1. The van der Waals surface area contributed by atoms with Gasteiger partial charge in [-0.3, -0.25) is 14.4 Å². The number of carbonyl (C=O) groups is 3. The van der Waals surface area contributed by atoms with Gasteiger partial charge in [-0.2, -0.15) is 0 Å². The first-order valence-corrected chi connectivity index (χ1v) is 27.0. The average Bonchev–Trinajstić information content (AvgIpc) is 3.35. The summed E-state index contributed by atoms with van der Waals surface area (Å²) in [6.45, 7) is 6.24. The number of hydrogen-bond donors (Lipinski definition) is 0. The van der Waals surface area contributed by atoms with E-state index in [0.29, 0.717) is 19.3 Å². The molecule has 0 heterocycles. The Balaban J connectivity index is 4.65. The smallest absolute Gasteiger partial charge is 0.306 e. The Kier molecular flexibility index (Phi) is 51.6. The van der Waals surface area contributed by atoms with E-state index in [4.69, 9.17) is 14.2 Å². The van der Waals surface area contributed by atoms with Crippen LogP contribution in [0.3, 0.4) is 0 Å². The predicted octanol–water partition coefficient (Wildman–Crippen LogP) is 18.2. The number of allylic oxidation sites excluding steroid dienone is 26. The summed E-state index contributed by atoms with van der Waals surface area (Å²) in [7, 11) is 0. The normalized spacial score (nSPS) is 13.4. The zero-order valence-corrected chi connectivity index (χ0v) is 43.8. The Morgan fingerprint density at radius 1 is 0.304 bits per heavy atom. The van der Waals surface area contributed by atoms with E-state index in [0.717, 1.165) is 122 Å². The van der Waals surface area contributed by atoms with Gasteiger partial charge in [0.05, 0.1) is 0 Å². The maximum absolute atomic E-state index is 12.8. The monoisotopic (exact) mass is 949 g/mol. The van der Waals surface area contributed by atoms with E-state index < -0.39 is 12.1 Å². The number of hydrogen-bond acceptors (Lipinski definition) is 6. The van der Waals surface area contributed by atoms with E-state index in [2.05, 4.69) is 179 Å². The van der Waals surface area contributed by atoms with Gasteiger partial charge in [-0.25, -0.2) is 0 Å². The van der Waals surface area contributed by atoms with Crippen LogP contribution in [-0.4, -0.2) is 37.2 Å². The van der Waals surface area contributed by atoms with Crippen molar-refractivity contribution in [1.82, 2.24) is 0 Å². The van der Waals surface area contributed by atoms with Crippen molar-refractivity contribution in [3.63, 3.8) is 0 Å². The van der Waals surface area contributed by atoms with Gasteiger partial charge in [0, 0.05) is 19.3 Å². The second kappa shape index (κ2) is 55.6. The lowest BCUT2D eigenvalue weighted by molar-refractivity contribution is -0.167. The van der Waals surface area contributed by atoms with Crippen molar-refractivity contribution in [3.8, 4) is 0 Å². The SMILES string of the molecule is CC/C=C\C/C=C\C/C=C\C/C=C\C/C=C\CCCC(=O)O[C@@H](COC(=O)CCC/C=C\C/C=C\C/C=C\C/C=C\CCCCC)COC(=O)CCCCCC/C=C\C/C=C\C/C=C\C/C=C\CC. The molecule has 0 saturated carbocycles. The molecule has 0 aromatic rings. The van der Waals surface area contributed by atoms with E-state index in [1.165, 1.54) is 25.7 Å². The van der Waals surface area contributed by atoms with Gasteiger partial charge in [-0.1, -0.05) is 204 Å². The first kappa shape index (κ1) is 64.0. The van der Waals surface area contributed by atoms with Crippen molar-refractivity contribution in [2.24, 2.45) is 0 Å². The zero-order chi connectivity index (χ0) is 50.0. The third kappa shape index (κ3) is 53.8. The summed E-state index contributed by atoms with van der Waals surface area (Å²) >= 11 is 0. The molecule has 0 unspecified atom stereocenters. The van der Waals surface area contributed by atoms with Crippen molar-refractivity contribution in [2.75, 3.05) is 13.2 Å². The van der Waals surface area contributed by atoms with Crippen molar-refractivity contribution in [3.05, 3.63) is 158 Å². The molecule has 1 atom stereocenters. The van der Waals surface area contributed by atoms with E-state index in [9.17, 15) is 14.4 Å². The molecule has 0 saturated heterocycles. The number of rotatable bonds is 46. The topological polar surface area (TPSA) is 78.9 Å². The molecule has 0 rings (SSSR count). The van der Waals surface area contributed by atoms with Crippen molar-refractivity contribution in [2.45, 2.75) is 207 Å². The highest BCUT2D eigenvalue weighted by Crippen LogP contribution is 2.10. The zero-order valence-electron chi connectivity index (χ0n) is 43.8. The summed E-state index contributed by atoms with van der Waals surface area (Å²) in [5, 5.41) is 0. The minimum Gasteiger partial charge on any atom is -0.462 e. The second-order valence-corrected chi connectivity index (χ2v) is 17.0. The minimum atomic E-state index is -0.848. The maximum atomic E-state index is 12.8. The fraction of sp³-hybridized carbons (Fsp3) is 0.540. The van der Waals surface area contributed by atoms with Crippen LogP contribution in [-0.2, 0) is 28.6 Å². The molecule has 0 N–H and O–H groups in total. The van der Waals surface area contributed by atoms with Crippen LogP contribution in [0, 0.1) is 0 Å². The lowest BCUT2D eigenvalue weighted by Gasteiger charge is -2.18. The predicted molar refractivity (Wildman–Crippen MR) is 297 cm³/mol. The summed E-state index contributed by atoms with van der Waals surface area (Å²) in [6.07, 6.45) is 80.9. The molecule has 0 aromatic heterocycles. The first-order valence-electron chi connectivity index (χ1n) is 27.0. The van der Waals surface area contributed by atoms with Crippen molar-refractivity contribution in [1.29, 1.82) is 0 Å². The number of carbonyl (C=O) groups excluding carboxylic acids is 3. The van der Waals surface area contributed by atoms with Gasteiger partial charge in [0.2, 0.25) is 0 Å². The molecule has 0 aliphatic rings. The van der Waals surface area contributed by atoms with Crippen LogP contribution in [0.1, 0.15) is 201 Å². The molecule has 0 bridgehead atoms. The lowest BCUT2D eigenvalue weighted by Crippen LogP contribution is -2.30. The van der Waals surface area contributed by atoms with E-state index in [1.807, 2.05) is 0 Å². The summed E-state index contributed by atoms with van der Waals surface area (Å²) in [4.78, 5) is 38.1. The molecular formula is C63H96O6. The van der Waals surface area contributed by atoms with Crippen molar-refractivity contribution >= 4 is 17.9 Å². The van der Waals surface area contributed by atoms with Crippen molar-refractivity contribution < 1.29 is 28.6 Å². The fourth-order valence-electron chi connectivity index (χ4n) is 6.52. The second-order valence-electron chi connectivity index (χ2n) is 17.0. The van der Waals surface area contributed by atoms with Crippen LogP contribution in [0.5, 0.6) is 0 Å².